The highest BCUT2D eigenvalue weighted by Crippen LogP contribution is 2.37. The quantitative estimate of drug-likeness (QED) is 0.504. The van der Waals surface area contributed by atoms with E-state index >= 15 is 0 Å². The molecule has 0 bridgehead atoms. The van der Waals surface area contributed by atoms with E-state index in [1.807, 2.05) is 48.5 Å². The summed E-state index contributed by atoms with van der Waals surface area (Å²) >= 11 is 0. The van der Waals surface area contributed by atoms with Crippen molar-refractivity contribution in [2.75, 3.05) is 6.61 Å². The predicted octanol–water partition coefficient (Wildman–Crippen LogP) is 4.28. The lowest BCUT2D eigenvalue weighted by atomic mass is 9.96. The van der Waals surface area contributed by atoms with Crippen molar-refractivity contribution in [3.8, 4) is 0 Å². The predicted molar refractivity (Wildman–Crippen MR) is 118 cm³/mol. The molecule has 3 aromatic rings. The number of fused-ring (bicyclic) bond motifs is 1. The fourth-order valence-electron chi connectivity index (χ4n) is 3.73. The van der Waals surface area contributed by atoms with Gasteiger partial charge >= 0.3 is 0 Å². The smallest absolute Gasteiger partial charge is 0.271 e. The number of nitrogens with zero attached hydrogens (tertiary/aromatic N) is 1. The van der Waals surface area contributed by atoms with Crippen LogP contribution in [0.25, 0.3) is 11.6 Å². The van der Waals surface area contributed by atoms with Crippen LogP contribution >= 0.6 is 0 Å². The van der Waals surface area contributed by atoms with Crippen LogP contribution in [-0.4, -0.2) is 27.6 Å². The van der Waals surface area contributed by atoms with Crippen LogP contribution in [0.5, 0.6) is 0 Å². The summed E-state index contributed by atoms with van der Waals surface area (Å²) in [6.07, 6.45) is 5.97. The van der Waals surface area contributed by atoms with E-state index in [1.54, 1.807) is 0 Å². The largest absolute Gasteiger partial charge is 0.396 e. The molecule has 0 radical (unpaired) electrons. The monoisotopic (exact) mass is 387 g/mol. The molecule has 0 fully saturated rings. The average Bonchev–Trinajstić information content (AvgIpc) is 3.28. The molecule has 0 saturated heterocycles. The zero-order chi connectivity index (χ0) is 20.1. The number of allylic oxidation sites excluding steroid dienone is 1. The number of rotatable bonds is 8. The van der Waals surface area contributed by atoms with Crippen molar-refractivity contribution in [3.05, 3.63) is 87.3 Å². The Morgan fingerprint density at radius 2 is 1.69 bits per heavy atom. The highest BCUT2D eigenvalue weighted by atomic mass is 16.2. The summed E-state index contributed by atoms with van der Waals surface area (Å²) in [6.45, 7) is 0.181. The van der Waals surface area contributed by atoms with Gasteiger partial charge in [-0.2, -0.15) is 0 Å². The van der Waals surface area contributed by atoms with Gasteiger partial charge in [0.1, 0.15) is 0 Å². The maximum absolute atomic E-state index is 12.5. The first-order valence-electron chi connectivity index (χ1n) is 10.1. The number of aliphatic hydroxyl groups excluding tert-OH is 1. The number of benzene rings is 2. The summed E-state index contributed by atoms with van der Waals surface area (Å²) in [5, 5.41) is 14.9. The normalized spacial score (nSPS) is 14.2. The van der Waals surface area contributed by atoms with Gasteiger partial charge in [-0.15, -0.1) is 0 Å². The van der Waals surface area contributed by atoms with Gasteiger partial charge in [0.05, 0.1) is 11.3 Å². The van der Waals surface area contributed by atoms with Crippen LogP contribution in [0.15, 0.2) is 64.4 Å². The van der Waals surface area contributed by atoms with E-state index in [0.29, 0.717) is 5.56 Å². The number of aliphatic hydroxyl groups is 1. The summed E-state index contributed by atoms with van der Waals surface area (Å²) in [5.41, 5.74) is 6.69. The Bertz CT molecular complexity index is 1090. The third-order valence-electron chi connectivity index (χ3n) is 5.27. The van der Waals surface area contributed by atoms with Crippen molar-refractivity contribution in [1.82, 2.24) is 10.2 Å². The van der Waals surface area contributed by atoms with E-state index in [2.05, 4.69) is 22.3 Å². The summed E-state index contributed by atoms with van der Waals surface area (Å²) in [6, 6.07) is 18.3. The molecule has 1 aromatic heterocycles. The molecule has 2 heterocycles. The molecule has 0 spiro atoms. The Labute approximate surface area is 169 Å². The van der Waals surface area contributed by atoms with Crippen LogP contribution in [0.3, 0.4) is 0 Å². The standard InChI is InChI=1S/C24H25N3O2/c28-15-7-6-12-22-19(18-10-4-5-11-21(18)25-22)16-20-23(26-27-24(20)29)14-13-17-8-2-1-3-9-17/h1-5,8-11,16,28H,6-7,12-15H2,(H2,26,27,29). The Morgan fingerprint density at radius 3 is 2.52 bits per heavy atom. The van der Waals surface area contributed by atoms with Gasteiger partial charge in [0.15, 0.2) is 0 Å². The van der Waals surface area contributed by atoms with E-state index in [1.165, 1.54) is 5.56 Å². The van der Waals surface area contributed by atoms with Gasteiger partial charge in [0.25, 0.3) is 5.56 Å². The van der Waals surface area contributed by atoms with Crippen LogP contribution in [0.1, 0.15) is 41.6 Å². The van der Waals surface area contributed by atoms with Gasteiger partial charge < -0.3 is 10.2 Å². The molecule has 0 amide bonds. The molecule has 148 valence electrons. The minimum Gasteiger partial charge on any atom is -0.396 e. The minimum atomic E-state index is -0.111. The van der Waals surface area contributed by atoms with Crippen LogP contribution in [0, 0.1) is 0 Å². The van der Waals surface area contributed by atoms with Gasteiger partial charge in [-0.25, -0.2) is 0 Å². The minimum absolute atomic E-state index is 0.111. The number of unbranched alkanes of at least 4 members (excludes halogenated alkanes) is 1. The van der Waals surface area contributed by atoms with Gasteiger partial charge in [-0.3, -0.25) is 14.9 Å². The summed E-state index contributed by atoms with van der Waals surface area (Å²) in [4.78, 5) is 17.3. The SMILES string of the molecule is O=c1[nH][nH]c(CCc2ccccc2)c1C=C1C(CCCCO)=Nc2ccccc21. The number of nitrogens with one attached hydrogen (secondary N) is 2. The molecule has 1 aliphatic heterocycles. The Morgan fingerprint density at radius 1 is 0.897 bits per heavy atom. The van der Waals surface area contributed by atoms with Crippen LogP contribution < -0.4 is 5.56 Å². The number of aliphatic imine (C=N–C) groups is 1. The van der Waals surface area contributed by atoms with Crippen LogP contribution in [0.2, 0.25) is 0 Å². The lowest BCUT2D eigenvalue weighted by molar-refractivity contribution is 0.285. The molecule has 0 aliphatic carbocycles. The molecular weight excluding hydrogens is 362 g/mol. The number of hydrogen-bond donors (Lipinski definition) is 3. The van der Waals surface area contributed by atoms with Crippen molar-refractivity contribution in [2.45, 2.75) is 32.1 Å². The fourth-order valence-corrected chi connectivity index (χ4v) is 3.73. The maximum atomic E-state index is 12.5. The van der Waals surface area contributed by atoms with Gasteiger partial charge in [0.2, 0.25) is 0 Å². The summed E-state index contributed by atoms with van der Waals surface area (Å²) in [5.74, 6) is 0. The van der Waals surface area contributed by atoms with E-state index in [0.717, 1.165) is 60.3 Å². The first kappa shape index (κ1) is 19.2. The Balaban J connectivity index is 1.64. The van der Waals surface area contributed by atoms with E-state index in [-0.39, 0.29) is 12.2 Å². The first-order valence-corrected chi connectivity index (χ1v) is 10.1. The number of H-pyrrole nitrogens is 2. The van der Waals surface area contributed by atoms with Gasteiger partial charge in [-0.05, 0) is 49.8 Å². The number of aryl methyl sites for hydroxylation is 2. The van der Waals surface area contributed by atoms with E-state index < -0.39 is 0 Å². The Kier molecular flexibility index (Phi) is 5.86. The zero-order valence-electron chi connectivity index (χ0n) is 16.3. The number of para-hydroxylation sites is 1. The van der Waals surface area contributed by atoms with Gasteiger partial charge in [0, 0.05) is 29.1 Å². The molecular formula is C24H25N3O2. The second-order valence-corrected chi connectivity index (χ2v) is 7.27. The number of aromatic nitrogens is 2. The third-order valence-corrected chi connectivity index (χ3v) is 5.27. The topological polar surface area (TPSA) is 81.2 Å². The van der Waals surface area contributed by atoms with Crippen molar-refractivity contribution in [2.24, 2.45) is 4.99 Å². The molecule has 29 heavy (non-hydrogen) atoms. The average molecular weight is 387 g/mol. The molecule has 4 rings (SSSR count). The molecule has 5 nitrogen and oxygen atoms in total. The van der Waals surface area contributed by atoms with Crippen molar-refractivity contribution in [1.29, 1.82) is 0 Å². The highest BCUT2D eigenvalue weighted by molar-refractivity contribution is 6.32. The van der Waals surface area contributed by atoms with Crippen molar-refractivity contribution in [3.63, 3.8) is 0 Å². The molecule has 0 unspecified atom stereocenters. The second-order valence-electron chi connectivity index (χ2n) is 7.27. The summed E-state index contributed by atoms with van der Waals surface area (Å²) < 4.78 is 0. The zero-order valence-corrected chi connectivity index (χ0v) is 16.3. The lowest BCUT2D eigenvalue weighted by Crippen LogP contribution is -2.05. The molecule has 0 saturated carbocycles. The van der Waals surface area contributed by atoms with E-state index in [9.17, 15) is 4.79 Å². The maximum Gasteiger partial charge on any atom is 0.271 e. The molecule has 0 atom stereocenters. The number of hydrogen-bond acceptors (Lipinski definition) is 3. The molecule has 2 aromatic carbocycles. The van der Waals surface area contributed by atoms with Crippen molar-refractivity contribution >= 4 is 23.0 Å². The van der Waals surface area contributed by atoms with Gasteiger partial charge in [-0.1, -0.05) is 48.5 Å². The van der Waals surface area contributed by atoms with Crippen molar-refractivity contribution < 1.29 is 5.11 Å². The third kappa shape index (κ3) is 4.30. The van der Waals surface area contributed by atoms with Crippen LogP contribution in [0.4, 0.5) is 5.69 Å². The number of aromatic amines is 2. The van der Waals surface area contributed by atoms with E-state index in [4.69, 9.17) is 10.1 Å². The lowest BCUT2D eigenvalue weighted by Gasteiger charge is -2.06. The second kappa shape index (κ2) is 8.88. The van der Waals surface area contributed by atoms with Crippen LogP contribution in [-0.2, 0) is 12.8 Å². The first-order chi connectivity index (χ1) is 14.3. The molecule has 5 heteroatoms. The summed E-state index contributed by atoms with van der Waals surface area (Å²) in [7, 11) is 0. The highest BCUT2D eigenvalue weighted by Gasteiger charge is 2.21. The molecule has 3 N–H and O–H groups in total. The Hall–Kier alpha value is -3.18. The fraction of sp³-hybridized carbons (Fsp3) is 0.250. The molecule has 1 aliphatic rings.